The van der Waals surface area contributed by atoms with Crippen LogP contribution in [0.5, 0.6) is 11.5 Å². The van der Waals surface area contributed by atoms with E-state index in [1.165, 1.54) is 0 Å². The van der Waals surface area contributed by atoms with Gasteiger partial charge in [-0.15, -0.1) is 0 Å². The van der Waals surface area contributed by atoms with E-state index in [4.69, 9.17) is 9.47 Å². The van der Waals surface area contributed by atoms with Gasteiger partial charge in [0.1, 0.15) is 11.5 Å². The number of ether oxygens (including phenoxy) is 2. The second-order valence-corrected chi connectivity index (χ2v) is 7.89. The third-order valence-electron chi connectivity index (χ3n) is 5.48. The minimum Gasteiger partial charge on any atom is -0.497 e. The van der Waals surface area contributed by atoms with Gasteiger partial charge in [0.15, 0.2) is 0 Å². The molecule has 1 aromatic rings. The Balaban J connectivity index is 1.79. The lowest BCUT2D eigenvalue weighted by Gasteiger charge is -2.29. The summed E-state index contributed by atoms with van der Waals surface area (Å²) in [6.07, 6.45) is 2.17. The molecule has 6 heteroatoms. The highest BCUT2D eigenvalue weighted by molar-refractivity contribution is 5.89. The van der Waals surface area contributed by atoms with Gasteiger partial charge in [0.25, 0.3) is 0 Å². The molecular formula is C21H30N2O4. The fourth-order valence-corrected chi connectivity index (χ4v) is 4.24. The van der Waals surface area contributed by atoms with Gasteiger partial charge in [0.2, 0.25) is 11.8 Å². The first-order valence-electron chi connectivity index (χ1n) is 9.74. The highest BCUT2D eigenvalue weighted by Crippen LogP contribution is 2.40. The van der Waals surface area contributed by atoms with Gasteiger partial charge in [-0.3, -0.25) is 9.59 Å². The fraction of sp³-hybridized carbons (Fsp3) is 0.619. The molecule has 0 unspecified atom stereocenters. The molecule has 2 atom stereocenters. The lowest BCUT2D eigenvalue weighted by atomic mass is 10.0. The molecule has 2 saturated heterocycles. The van der Waals surface area contributed by atoms with Crippen molar-refractivity contribution < 1.29 is 19.1 Å². The van der Waals surface area contributed by atoms with E-state index in [1.807, 2.05) is 28.0 Å². The molecular weight excluding hydrogens is 344 g/mol. The van der Waals surface area contributed by atoms with Crippen LogP contribution in [0.4, 0.5) is 0 Å². The standard InChI is InChI=1S/C21H30N2O4/c1-14(2)12-22-13-15(10-20(22)24)21(25)23-9-5-6-18(23)17-11-16(26-3)7-8-19(17)27-4/h7-8,11,14-15,18H,5-6,9-10,12-13H2,1-4H3/t15-,18-/m1/s1. The van der Waals surface area contributed by atoms with Crippen molar-refractivity contribution in [2.24, 2.45) is 11.8 Å². The van der Waals surface area contributed by atoms with Crippen LogP contribution in [0.2, 0.25) is 0 Å². The Labute approximate surface area is 161 Å². The van der Waals surface area contributed by atoms with Crippen LogP contribution in [-0.2, 0) is 9.59 Å². The number of carbonyl (C=O) groups excluding carboxylic acids is 2. The average Bonchev–Trinajstić information content (AvgIpc) is 3.27. The number of hydrogen-bond donors (Lipinski definition) is 0. The molecule has 2 heterocycles. The lowest BCUT2D eigenvalue weighted by Crippen LogP contribution is -2.37. The minimum absolute atomic E-state index is 0.0307. The van der Waals surface area contributed by atoms with E-state index >= 15 is 0 Å². The molecule has 0 bridgehead atoms. The molecule has 2 amide bonds. The number of hydrogen-bond acceptors (Lipinski definition) is 4. The molecule has 1 aromatic carbocycles. The Hall–Kier alpha value is -2.24. The van der Waals surface area contributed by atoms with Crippen LogP contribution in [0, 0.1) is 11.8 Å². The zero-order valence-electron chi connectivity index (χ0n) is 16.7. The Kier molecular flexibility index (Phi) is 5.92. The Morgan fingerprint density at radius 3 is 2.70 bits per heavy atom. The smallest absolute Gasteiger partial charge is 0.228 e. The van der Waals surface area contributed by atoms with Crippen molar-refractivity contribution in [1.82, 2.24) is 9.80 Å². The van der Waals surface area contributed by atoms with E-state index in [0.29, 0.717) is 18.9 Å². The molecule has 0 N–H and O–H groups in total. The first-order chi connectivity index (χ1) is 12.9. The number of likely N-dealkylation sites (tertiary alicyclic amines) is 2. The molecule has 2 fully saturated rings. The third-order valence-corrected chi connectivity index (χ3v) is 5.48. The van der Waals surface area contributed by atoms with E-state index in [9.17, 15) is 9.59 Å². The van der Waals surface area contributed by atoms with Crippen molar-refractivity contribution in [3.05, 3.63) is 23.8 Å². The molecule has 27 heavy (non-hydrogen) atoms. The van der Waals surface area contributed by atoms with Crippen molar-refractivity contribution in [1.29, 1.82) is 0 Å². The maximum Gasteiger partial charge on any atom is 0.228 e. The fourth-order valence-electron chi connectivity index (χ4n) is 4.24. The van der Waals surface area contributed by atoms with Crippen molar-refractivity contribution in [3.8, 4) is 11.5 Å². The minimum atomic E-state index is -0.242. The first kappa shape index (κ1) is 19.5. The first-order valence-corrected chi connectivity index (χ1v) is 9.74. The van der Waals surface area contributed by atoms with E-state index in [1.54, 1.807) is 14.2 Å². The van der Waals surface area contributed by atoms with Crippen LogP contribution < -0.4 is 9.47 Å². The van der Waals surface area contributed by atoms with Gasteiger partial charge in [0, 0.05) is 31.6 Å². The SMILES string of the molecule is COc1ccc(OC)c([C@H]2CCCN2C(=O)[C@@H]2CC(=O)N(CC(C)C)C2)c1. The highest BCUT2D eigenvalue weighted by atomic mass is 16.5. The summed E-state index contributed by atoms with van der Waals surface area (Å²) in [4.78, 5) is 29.3. The van der Waals surface area contributed by atoms with Crippen LogP contribution >= 0.6 is 0 Å². The van der Waals surface area contributed by atoms with Crippen LogP contribution in [-0.4, -0.2) is 55.5 Å². The summed E-state index contributed by atoms with van der Waals surface area (Å²) in [6, 6.07) is 5.68. The van der Waals surface area contributed by atoms with Crippen LogP contribution in [0.15, 0.2) is 18.2 Å². The number of carbonyl (C=O) groups is 2. The van der Waals surface area contributed by atoms with Gasteiger partial charge in [-0.05, 0) is 37.0 Å². The van der Waals surface area contributed by atoms with Crippen molar-refractivity contribution >= 4 is 11.8 Å². The van der Waals surface area contributed by atoms with E-state index in [0.717, 1.165) is 43.0 Å². The molecule has 0 aromatic heterocycles. The van der Waals surface area contributed by atoms with Crippen LogP contribution in [0.3, 0.4) is 0 Å². The van der Waals surface area contributed by atoms with Gasteiger partial charge < -0.3 is 19.3 Å². The lowest BCUT2D eigenvalue weighted by molar-refractivity contribution is -0.136. The van der Waals surface area contributed by atoms with Crippen molar-refractivity contribution in [3.63, 3.8) is 0 Å². The van der Waals surface area contributed by atoms with E-state index in [-0.39, 0.29) is 23.8 Å². The van der Waals surface area contributed by atoms with E-state index in [2.05, 4.69) is 13.8 Å². The number of benzene rings is 1. The molecule has 3 rings (SSSR count). The van der Waals surface area contributed by atoms with Gasteiger partial charge in [-0.2, -0.15) is 0 Å². The van der Waals surface area contributed by atoms with E-state index < -0.39 is 0 Å². The van der Waals surface area contributed by atoms with Crippen molar-refractivity contribution in [2.75, 3.05) is 33.9 Å². The Morgan fingerprint density at radius 1 is 1.26 bits per heavy atom. The number of rotatable bonds is 6. The van der Waals surface area contributed by atoms with Crippen LogP contribution in [0.25, 0.3) is 0 Å². The predicted molar refractivity (Wildman–Crippen MR) is 103 cm³/mol. The van der Waals surface area contributed by atoms with Gasteiger partial charge in [0.05, 0.1) is 26.2 Å². The second kappa shape index (κ2) is 8.19. The third kappa shape index (κ3) is 4.04. The zero-order valence-corrected chi connectivity index (χ0v) is 16.7. The summed E-state index contributed by atoms with van der Waals surface area (Å²) in [5.74, 6) is 1.87. The Morgan fingerprint density at radius 2 is 2.04 bits per heavy atom. The average molecular weight is 374 g/mol. The molecule has 0 radical (unpaired) electrons. The van der Waals surface area contributed by atoms with Gasteiger partial charge >= 0.3 is 0 Å². The van der Waals surface area contributed by atoms with Crippen molar-refractivity contribution in [2.45, 2.75) is 39.2 Å². The molecule has 0 aliphatic carbocycles. The molecule has 148 valence electrons. The molecule has 0 spiro atoms. The summed E-state index contributed by atoms with van der Waals surface area (Å²) in [6.45, 7) is 6.16. The quantitative estimate of drug-likeness (QED) is 0.768. The number of amides is 2. The molecule has 2 aliphatic rings. The summed E-state index contributed by atoms with van der Waals surface area (Å²) in [5.41, 5.74) is 0.978. The Bertz CT molecular complexity index is 703. The normalized spacial score (nSPS) is 22.6. The predicted octanol–water partition coefficient (Wildman–Crippen LogP) is 2.87. The largest absolute Gasteiger partial charge is 0.497 e. The second-order valence-electron chi connectivity index (χ2n) is 7.89. The summed E-state index contributed by atoms with van der Waals surface area (Å²) < 4.78 is 10.9. The summed E-state index contributed by atoms with van der Waals surface area (Å²) in [5, 5.41) is 0. The number of methoxy groups -OCH3 is 2. The molecule has 0 saturated carbocycles. The maximum absolute atomic E-state index is 13.2. The molecule has 6 nitrogen and oxygen atoms in total. The zero-order chi connectivity index (χ0) is 19.6. The van der Waals surface area contributed by atoms with Crippen LogP contribution in [0.1, 0.15) is 44.7 Å². The molecule has 2 aliphatic heterocycles. The van der Waals surface area contributed by atoms with Gasteiger partial charge in [-0.25, -0.2) is 0 Å². The number of nitrogens with zero attached hydrogens (tertiary/aromatic N) is 2. The highest BCUT2D eigenvalue weighted by Gasteiger charge is 2.40. The summed E-state index contributed by atoms with van der Waals surface area (Å²) >= 11 is 0. The van der Waals surface area contributed by atoms with Gasteiger partial charge in [-0.1, -0.05) is 13.8 Å². The summed E-state index contributed by atoms with van der Waals surface area (Å²) in [7, 11) is 3.28. The monoisotopic (exact) mass is 374 g/mol. The maximum atomic E-state index is 13.2. The topological polar surface area (TPSA) is 59.1 Å².